The van der Waals surface area contributed by atoms with Gasteiger partial charge in [0.05, 0.1) is 17.6 Å². The lowest BCUT2D eigenvalue weighted by Gasteiger charge is -2.20. The van der Waals surface area contributed by atoms with E-state index in [9.17, 15) is 4.79 Å². The van der Waals surface area contributed by atoms with Crippen molar-refractivity contribution in [2.45, 2.75) is 33.3 Å². The molecule has 1 rings (SSSR count). The van der Waals surface area contributed by atoms with Crippen molar-refractivity contribution in [2.75, 3.05) is 11.1 Å². The fraction of sp³-hybridized carbons (Fsp3) is 0.455. The van der Waals surface area contributed by atoms with E-state index < -0.39 is 11.7 Å². The summed E-state index contributed by atoms with van der Waals surface area (Å²) < 4.78 is 5.09. The SMILES string of the molecule is Cc1cc(N)c(NC(=O)OC(C)(C)C)cn1. The summed E-state index contributed by atoms with van der Waals surface area (Å²) in [5.41, 5.74) is 6.92. The Morgan fingerprint density at radius 1 is 1.50 bits per heavy atom. The maximum Gasteiger partial charge on any atom is 0.412 e. The van der Waals surface area contributed by atoms with Crippen LogP contribution in [-0.2, 0) is 4.74 Å². The molecule has 1 aromatic heterocycles. The van der Waals surface area contributed by atoms with Crippen LogP contribution in [0.3, 0.4) is 0 Å². The van der Waals surface area contributed by atoms with Gasteiger partial charge in [-0.2, -0.15) is 0 Å². The molecule has 0 unspecified atom stereocenters. The number of aromatic nitrogens is 1. The quantitative estimate of drug-likeness (QED) is 0.766. The summed E-state index contributed by atoms with van der Waals surface area (Å²) >= 11 is 0. The highest BCUT2D eigenvalue weighted by atomic mass is 16.6. The monoisotopic (exact) mass is 223 g/mol. The molecular weight excluding hydrogens is 206 g/mol. The number of nitrogens with zero attached hydrogens (tertiary/aromatic N) is 1. The van der Waals surface area contributed by atoms with Crippen LogP contribution in [-0.4, -0.2) is 16.7 Å². The molecule has 0 fully saturated rings. The molecule has 0 aromatic carbocycles. The maximum atomic E-state index is 11.4. The van der Waals surface area contributed by atoms with E-state index in [1.54, 1.807) is 26.8 Å². The van der Waals surface area contributed by atoms with Crippen molar-refractivity contribution in [2.24, 2.45) is 0 Å². The molecule has 0 radical (unpaired) electrons. The standard InChI is InChI=1S/C11H17N3O2/c1-7-5-8(12)9(6-13-7)14-10(15)16-11(2,3)4/h5-6H,1-4H3,(H2,12,13)(H,14,15). The first kappa shape index (κ1) is 12.3. The van der Waals surface area contributed by atoms with Crippen molar-refractivity contribution < 1.29 is 9.53 Å². The Morgan fingerprint density at radius 3 is 2.62 bits per heavy atom. The number of nitrogen functional groups attached to an aromatic ring is 1. The van der Waals surface area contributed by atoms with Gasteiger partial charge in [0.25, 0.3) is 0 Å². The third-order valence-corrected chi connectivity index (χ3v) is 1.71. The summed E-state index contributed by atoms with van der Waals surface area (Å²) in [5, 5.41) is 2.55. The number of aryl methyl sites for hydroxylation is 1. The molecule has 1 aromatic rings. The van der Waals surface area contributed by atoms with Crippen molar-refractivity contribution >= 4 is 17.5 Å². The van der Waals surface area contributed by atoms with Crippen LogP contribution < -0.4 is 11.1 Å². The summed E-state index contributed by atoms with van der Waals surface area (Å²) in [6.07, 6.45) is 0.971. The number of anilines is 2. The van der Waals surface area contributed by atoms with Gasteiger partial charge in [-0.1, -0.05) is 0 Å². The second-order valence-corrected chi connectivity index (χ2v) is 4.54. The van der Waals surface area contributed by atoms with Crippen LogP contribution in [0.25, 0.3) is 0 Å². The Kier molecular flexibility index (Phi) is 3.37. The highest BCUT2D eigenvalue weighted by Crippen LogP contribution is 2.18. The van der Waals surface area contributed by atoms with Gasteiger partial charge in [0.15, 0.2) is 0 Å². The van der Waals surface area contributed by atoms with Crippen LogP contribution in [0.2, 0.25) is 0 Å². The number of carbonyl (C=O) groups excluding carboxylic acids is 1. The zero-order valence-corrected chi connectivity index (χ0v) is 10.00. The Hall–Kier alpha value is -1.78. The van der Waals surface area contributed by atoms with Gasteiger partial charge in [-0.05, 0) is 33.8 Å². The van der Waals surface area contributed by atoms with E-state index in [1.165, 1.54) is 6.20 Å². The van der Waals surface area contributed by atoms with Crippen molar-refractivity contribution in [1.82, 2.24) is 4.98 Å². The minimum absolute atomic E-state index is 0.458. The number of nitrogens with one attached hydrogen (secondary N) is 1. The number of rotatable bonds is 1. The summed E-state index contributed by atoms with van der Waals surface area (Å²) in [5.74, 6) is 0. The topological polar surface area (TPSA) is 77.2 Å². The van der Waals surface area contributed by atoms with E-state index in [0.29, 0.717) is 11.4 Å². The molecule has 0 aliphatic rings. The molecule has 1 amide bonds. The molecule has 5 heteroatoms. The zero-order chi connectivity index (χ0) is 12.3. The first-order chi connectivity index (χ1) is 7.28. The second-order valence-electron chi connectivity index (χ2n) is 4.54. The van der Waals surface area contributed by atoms with E-state index in [2.05, 4.69) is 10.3 Å². The molecule has 0 atom stereocenters. The van der Waals surface area contributed by atoms with Gasteiger partial charge in [0, 0.05) is 5.69 Å². The van der Waals surface area contributed by atoms with E-state index in [-0.39, 0.29) is 0 Å². The van der Waals surface area contributed by atoms with Gasteiger partial charge in [0.2, 0.25) is 0 Å². The summed E-state index contributed by atoms with van der Waals surface area (Å²) in [4.78, 5) is 15.5. The van der Waals surface area contributed by atoms with Crippen molar-refractivity contribution in [3.05, 3.63) is 18.0 Å². The van der Waals surface area contributed by atoms with Gasteiger partial charge in [0.1, 0.15) is 5.60 Å². The Bertz CT molecular complexity index is 397. The average Bonchev–Trinajstić information content (AvgIpc) is 2.06. The molecule has 0 saturated carbocycles. The third kappa shape index (κ3) is 3.76. The summed E-state index contributed by atoms with van der Waals surface area (Å²) in [6.45, 7) is 7.21. The number of hydrogen-bond donors (Lipinski definition) is 2. The molecule has 0 aliphatic heterocycles. The maximum absolute atomic E-state index is 11.4. The molecular formula is C11H17N3O2. The first-order valence-corrected chi connectivity index (χ1v) is 5.00. The van der Waals surface area contributed by atoms with Gasteiger partial charge in [-0.25, -0.2) is 4.79 Å². The van der Waals surface area contributed by atoms with Crippen molar-refractivity contribution in [3.63, 3.8) is 0 Å². The van der Waals surface area contributed by atoms with Crippen LogP contribution in [0.15, 0.2) is 12.3 Å². The second kappa shape index (κ2) is 4.38. The molecule has 0 bridgehead atoms. The number of nitrogens with two attached hydrogens (primary N) is 1. The highest BCUT2D eigenvalue weighted by molar-refractivity contribution is 5.88. The van der Waals surface area contributed by atoms with Crippen LogP contribution in [0.5, 0.6) is 0 Å². The molecule has 1 heterocycles. The van der Waals surface area contributed by atoms with Gasteiger partial charge < -0.3 is 10.5 Å². The Labute approximate surface area is 95.0 Å². The molecule has 0 saturated heterocycles. The van der Waals surface area contributed by atoms with Crippen molar-refractivity contribution in [1.29, 1.82) is 0 Å². The molecule has 16 heavy (non-hydrogen) atoms. The predicted octanol–water partition coefficient (Wildman–Crippen LogP) is 2.32. The first-order valence-electron chi connectivity index (χ1n) is 5.00. The minimum atomic E-state index is -0.537. The van der Waals surface area contributed by atoms with Crippen LogP contribution in [0.4, 0.5) is 16.2 Å². The number of carbonyl (C=O) groups is 1. The smallest absolute Gasteiger partial charge is 0.412 e. The van der Waals surface area contributed by atoms with E-state index in [0.717, 1.165) is 5.69 Å². The number of ether oxygens (including phenoxy) is 1. The normalized spacial score (nSPS) is 11.0. The lowest BCUT2D eigenvalue weighted by molar-refractivity contribution is 0.0636. The summed E-state index contributed by atoms with van der Waals surface area (Å²) in [7, 11) is 0. The van der Waals surface area contributed by atoms with E-state index in [1.807, 2.05) is 6.92 Å². The number of pyridine rings is 1. The van der Waals surface area contributed by atoms with Crippen LogP contribution in [0.1, 0.15) is 26.5 Å². The Morgan fingerprint density at radius 2 is 2.12 bits per heavy atom. The minimum Gasteiger partial charge on any atom is -0.444 e. The Balaban J connectivity index is 2.70. The lowest BCUT2D eigenvalue weighted by atomic mass is 10.2. The largest absolute Gasteiger partial charge is 0.444 e. The molecule has 5 nitrogen and oxygen atoms in total. The fourth-order valence-electron chi connectivity index (χ4n) is 1.10. The summed E-state index contributed by atoms with van der Waals surface area (Å²) in [6, 6.07) is 1.69. The predicted molar refractivity (Wildman–Crippen MR) is 63.2 cm³/mol. The highest BCUT2D eigenvalue weighted by Gasteiger charge is 2.16. The fourth-order valence-corrected chi connectivity index (χ4v) is 1.10. The average molecular weight is 223 g/mol. The molecule has 0 aliphatic carbocycles. The van der Waals surface area contributed by atoms with Crippen molar-refractivity contribution in [3.8, 4) is 0 Å². The van der Waals surface area contributed by atoms with E-state index >= 15 is 0 Å². The molecule has 3 N–H and O–H groups in total. The van der Waals surface area contributed by atoms with Gasteiger partial charge in [-0.3, -0.25) is 10.3 Å². The number of hydrogen-bond acceptors (Lipinski definition) is 4. The molecule has 88 valence electrons. The van der Waals surface area contributed by atoms with Crippen LogP contribution in [0, 0.1) is 6.92 Å². The van der Waals surface area contributed by atoms with E-state index in [4.69, 9.17) is 10.5 Å². The lowest BCUT2D eigenvalue weighted by Crippen LogP contribution is -2.27. The van der Waals surface area contributed by atoms with Gasteiger partial charge >= 0.3 is 6.09 Å². The van der Waals surface area contributed by atoms with Gasteiger partial charge in [-0.15, -0.1) is 0 Å². The third-order valence-electron chi connectivity index (χ3n) is 1.71. The van der Waals surface area contributed by atoms with Crippen LogP contribution >= 0.6 is 0 Å². The number of amides is 1. The molecule has 0 spiro atoms. The zero-order valence-electron chi connectivity index (χ0n) is 10.00.